The fourth-order valence-electron chi connectivity index (χ4n) is 2.45. The highest BCUT2D eigenvalue weighted by Gasteiger charge is 2.02. The maximum Gasteiger partial charge on any atom is 0.128 e. The smallest absolute Gasteiger partial charge is 0.128 e. The monoisotopic (exact) mass is 349 g/mol. The van der Waals surface area contributed by atoms with E-state index in [-0.39, 0.29) is 5.82 Å². The molecule has 4 heteroatoms. The van der Waals surface area contributed by atoms with E-state index in [1.165, 1.54) is 12.1 Å². The van der Waals surface area contributed by atoms with Gasteiger partial charge in [-0.2, -0.15) is 0 Å². The van der Waals surface area contributed by atoms with E-state index in [4.69, 9.17) is 9.47 Å². The van der Waals surface area contributed by atoms with Gasteiger partial charge in [-0.3, -0.25) is 4.99 Å². The summed E-state index contributed by atoms with van der Waals surface area (Å²) in [5.74, 6) is 1.26. The Morgan fingerprint density at radius 3 is 2.50 bits per heavy atom. The summed E-state index contributed by atoms with van der Waals surface area (Å²) in [5.41, 5.74) is 2.47. The van der Waals surface area contributed by atoms with Crippen LogP contribution in [0.2, 0.25) is 0 Å². The highest BCUT2D eigenvalue weighted by molar-refractivity contribution is 5.85. The fourth-order valence-corrected chi connectivity index (χ4v) is 2.45. The molecule has 0 radical (unpaired) electrons. The second kappa shape index (κ2) is 8.81. The van der Waals surface area contributed by atoms with Crippen molar-refractivity contribution in [3.63, 3.8) is 0 Å². The molecule has 0 spiro atoms. The van der Waals surface area contributed by atoms with E-state index in [0.29, 0.717) is 19.0 Å². The molecule has 0 saturated heterocycles. The third-order valence-electron chi connectivity index (χ3n) is 3.70. The van der Waals surface area contributed by atoms with Crippen LogP contribution in [0.3, 0.4) is 0 Å². The van der Waals surface area contributed by atoms with Gasteiger partial charge < -0.3 is 9.47 Å². The molecule has 0 fully saturated rings. The second-order valence-electron chi connectivity index (χ2n) is 5.64. The Balaban J connectivity index is 1.70. The minimum absolute atomic E-state index is 0.267. The molecule has 0 unspecified atom stereocenters. The zero-order valence-electron chi connectivity index (χ0n) is 14.6. The highest BCUT2D eigenvalue weighted by Crippen LogP contribution is 2.21. The third kappa shape index (κ3) is 4.93. The number of nitrogens with zero attached hydrogens (tertiary/aromatic N) is 1. The van der Waals surface area contributed by atoms with Gasteiger partial charge in [-0.15, -0.1) is 0 Å². The molecule has 0 atom stereocenters. The first kappa shape index (κ1) is 17.7. The van der Waals surface area contributed by atoms with Gasteiger partial charge in [0.15, 0.2) is 0 Å². The van der Waals surface area contributed by atoms with Gasteiger partial charge in [0.1, 0.15) is 23.9 Å². The molecule has 0 aliphatic rings. The van der Waals surface area contributed by atoms with Gasteiger partial charge in [-0.1, -0.05) is 24.3 Å². The molecule has 0 N–H and O–H groups in total. The molecule has 3 nitrogen and oxygen atoms in total. The van der Waals surface area contributed by atoms with E-state index in [2.05, 4.69) is 4.99 Å². The SMILES string of the molecule is CCOc1ccc(N=Cc2ccccc2OCc2cccc(F)c2)cc1. The Morgan fingerprint density at radius 2 is 1.73 bits per heavy atom. The van der Waals surface area contributed by atoms with E-state index in [9.17, 15) is 4.39 Å². The lowest BCUT2D eigenvalue weighted by Gasteiger charge is -2.09. The van der Waals surface area contributed by atoms with Gasteiger partial charge in [0.25, 0.3) is 0 Å². The predicted octanol–water partition coefficient (Wildman–Crippen LogP) is 5.55. The number of aliphatic imine (C=N–C) groups is 1. The topological polar surface area (TPSA) is 30.8 Å². The first-order valence-corrected chi connectivity index (χ1v) is 8.48. The summed E-state index contributed by atoms with van der Waals surface area (Å²) in [5, 5.41) is 0. The molecule has 0 aliphatic heterocycles. The summed E-state index contributed by atoms with van der Waals surface area (Å²) >= 11 is 0. The standard InChI is InChI=1S/C22H20FNO2/c1-2-25-21-12-10-20(11-13-21)24-15-18-7-3-4-9-22(18)26-16-17-6-5-8-19(23)14-17/h3-15H,2,16H2,1H3. The van der Waals surface area contributed by atoms with Crippen molar-refractivity contribution >= 4 is 11.9 Å². The number of ether oxygens (including phenoxy) is 2. The number of rotatable bonds is 7. The van der Waals surface area contributed by atoms with Crippen LogP contribution in [0.5, 0.6) is 11.5 Å². The summed E-state index contributed by atoms with van der Waals surface area (Å²) in [4.78, 5) is 4.49. The van der Waals surface area contributed by atoms with Crippen LogP contribution in [-0.2, 0) is 6.61 Å². The maximum atomic E-state index is 13.3. The number of hydrogen-bond donors (Lipinski definition) is 0. The molecule has 0 aliphatic carbocycles. The first-order chi connectivity index (χ1) is 12.7. The average Bonchev–Trinajstić information content (AvgIpc) is 2.67. The largest absolute Gasteiger partial charge is 0.494 e. The van der Waals surface area contributed by atoms with Gasteiger partial charge in [-0.25, -0.2) is 4.39 Å². The van der Waals surface area contributed by atoms with Crippen molar-refractivity contribution in [2.24, 2.45) is 4.99 Å². The quantitative estimate of drug-likeness (QED) is 0.523. The van der Waals surface area contributed by atoms with Crippen molar-refractivity contribution in [1.29, 1.82) is 0 Å². The van der Waals surface area contributed by atoms with Crippen LogP contribution in [0.4, 0.5) is 10.1 Å². The van der Waals surface area contributed by atoms with Crippen LogP contribution in [0, 0.1) is 5.82 Å². The van der Waals surface area contributed by atoms with Gasteiger partial charge >= 0.3 is 0 Å². The Bertz CT molecular complexity index is 875. The summed E-state index contributed by atoms with van der Waals surface area (Å²) in [6.45, 7) is 2.89. The normalized spacial score (nSPS) is 10.8. The molecule has 0 saturated carbocycles. The maximum absolute atomic E-state index is 13.3. The van der Waals surface area contributed by atoms with E-state index in [1.807, 2.05) is 61.5 Å². The molecule has 0 heterocycles. The summed E-state index contributed by atoms with van der Waals surface area (Å²) in [6.07, 6.45) is 1.76. The number of halogens is 1. The lowest BCUT2D eigenvalue weighted by Crippen LogP contribution is -1.98. The molecule has 0 amide bonds. The summed E-state index contributed by atoms with van der Waals surface area (Å²) in [6, 6.07) is 21.6. The van der Waals surface area contributed by atoms with Crippen LogP contribution < -0.4 is 9.47 Å². The van der Waals surface area contributed by atoms with E-state index < -0.39 is 0 Å². The van der Waals surface area contributed by atoms with Crippen molar-refractivity contribution in [3.8, 4) is 11.5 Å². The van der Waals surface area contributed by atoms with E-state index in [0.717, 1.165) is 22.6 Å². The Morgan fingerprint density at radius 1 is 0.923 bits per heavy atom. The fraction of sp³-hybridized carbons (Fsp3) is 0.136. The molecule has 0 aromatic heterocycles. The molecule has 0 bridgehead atoms. The van der Waals surface area contributed by atoms with E-state index in [1.54, 1.807) is 12.3 Å². The molecular formula is C22H20FNO2. The predicted molar refractivity (Wildman–Crippen MR) is 102 cm³/mol. The summed E-state index contributed by atoms with van der Waals surface area (Å²) < 4.78 is 24.5. The Labute approximate surface area is 152 Å². The molecule has 26 heavy (non-hydrogen) atoms. The molecule has 3 aromatic carbocycles. The molecular weight excluding hydrogens is 329 g/mol. The van der Waals surface area contributed by atoms with Crippen LogP contribution in [0.1, 0.15) is 18.1 Å². The third-order valence-corrected chi connectivity index (χ3v) is 3.70. The van der Waals surface area contributed by atoms with Gasteiger partial charge in [0.05, 0.1) is 12.3 Å². The van der Waals surface area contributed by atoms with Crippen LogP contribution in [0.25, 0.3) is 0 Å². The average molecular weight is 349 g/mol. The first-order valence-electron chi connectivity index (χ1n) is 8.48. The van der Waals surface area contributed by atoms with E-state index >= 15 is 0 Å². The molecule has 3 rings (SSSR count). The van der Waals surface area contributed by atoms with Crippen molar-refractivity contribution < 1.29 is 13.9 Å². The highest BCUT2D eigenvalue weighted by atomic mass is 19.1. The van der Waals surface area contributed by atoms with Crippen LogP contribution in [-0.4, -0.2) is 12.8 Å². The zero-order valence-corrected chi connectivity index (χ0v) is 14.6. The number of para-hydroxylation sites is 1. The zero-order chi connectivity index (χ0) is 18.2. The van der Waals surface area contributed by atoms with Crippen molar-refractivity contribution in [1.82, 2.24) is 0 Å². The van der Waals surface area contributed by atoms with Crippen LogP contribution >= 0.6 is 0 Å². The second-order valence-corrected chi connectivity index (χ2v) is 5.64. The Kier molecular flexibility index (Phi) is 5.99. The van der Waals surface area contributed by atoms with Gasteiger partial charge in [0, 0.05) is 11.8 Å². The molecule has 3 aromatic rings. The number of benzene rings is 3. The van der Waals surface area contributed by atoms with Gasteiger partial charge in [0.2, 0.25) is 0 Å². The lowest BCUT2D eigenvalue weighted by molar-refractivity contribution is 0.305. The minimum Gasteiger partial charge on any atom is -0.494 e. The van der Waals surface area contributed by atoms with Crippen molar-refractivity contribution in [2.45, 2.75) is 13.5 Å². The minimum atomic E-state index is -0.267. The van der Waals surface area contributed by atoms with Crippen molar-refractivity contribution in [3.05, 3.63) is 89.7 Å². The van der Waals surface area contributed by atoms with Crippen molar-refractivity contribution in [2.75, 3.05) is 6.61 Å². The Hall–Kier alpha value is -3.14. The molecule has 132 valence electrons. The lowest BCUT2D eigenvalue weighted by atomic mass is 10.2. The van der Waals surface area contributed by atoms with Crippen LogP contribution in [0.15, 0.2) is 77.8 Å². The van der Waals surface area contributed by atoms with Gasteiger partial charge in [-0.05, 0) is 61.0 Å². The number of hydrogen-bond acceptors (Lipinski definition) is 3. The summed E-state index contributed by atoms with van der Waals surface area (Å²) in [7, 11) is 0.